The highest BCUT2D eigenvalue weighted by Gasteiger charge is 1.92. The van der Waals surface area contributed by atoms with E-state index >= 15 is 0 Å². The molecule has 0 spiro atoms. The SMILES string of the molecule is N#CC#N.NC(=O)NC(N)=O. The molecule has 7 heteroatoms. The number of nitriles is 2. The second-order valence-corrected chi connectivity index (χ2v) is 1.08. The summed E-state index contributed by atoms with van der Waals surface area (Å²) in [6, 6.07) is 0.597. The van der Waals surface area contributed by atoms with Crippen molar-refractivity contribution in [2.75, 3.05) is 0 Å². The first-order valence-electron chi connectivity index (χ1n) is 2.18. The van der Waals surface area contributed by atoms with Crippen LogP contribution in [0.25, 0.3) is 0 Å². The van der Waals surface area contributed by atoms with Gasteiger partial charge >= 0.3 is 12.1 Å². The lowest BCUT2D eigenvalue weighted by atomic mass is 10.9. The minimum atomic E-state index is -0.938. The molecule has 0 atom stereocenters. The summed E-state index contributed by atoms with van der Waals surface area (Å²) < 4.78 is 0. The standard InChI is InChI=1S/C2H5N3O2.C2N2/c3-1(6)5-2(4)7;3-1-2-4/h(H5,3,4,5,6,7);. The van der Waals surface area contributed by atoms with Gasteiger partial charge in [-0.25, -0.2) is 9.59 Å². The largest absolute Gasteiger partial charge is 0.351 e. The zero-order valence-electron chi connectivity index (χ0n) is 5.37. The number of hydrogen-bond donors (Lipinski definition) is 3. The maximum Gasteiger partial charge on any atom is 0.320 e. The number of urea groups is 2. The van der Waals surface area contributed by atoms with E-state index in [2.05, 4.69) is 11.5 Å². The smallest absolute Gasteiger partial charge is 0.320 e. The van der Waals surface area contributed by atoms with Crippen molar-refractivity contribution >= 4 is 12.1 Å². The topological polar surface area (TPSA) is 146 Å². The number of nitrogens with zero attached hydrogens (tertiary/aromatic N) is 2. The predicted molar refractivity (Wildman–Crippen MR) is 33.5 cm³/mol. The van der Waals surface area contributed by atoms with Gasteiger partial charge in [-0.2, -0.15) is 10.5 Å². The van der Waals surface area contributed by atoms with Crippen LogP contribution < -0.4 is 16.8 Å². The molecule has 0 aliphatic heterocycles. The first kappa shape index (κ1) is 11.5. The predicted octanol–water partition coefficient (Wildman–Crippen LogP) is -1.23. The number of hydrogen-bond acceptors (Lipinski definition) is 4. The number of imide groups is 1. The number of rotatable bonds is 0. The molecule has 58 valence electrons. The zero-order valence-corrected chi connectivity index (χ0v) is 5.37. The molecule has 7 nitrogen and oxygen atoms in total. The fourth-order valence-corrected chi connectivity index (χ4v) is 0.121. The van der Waals surface area contributed by atoms with Crippen LogP contribution >= 0.6 is 0 Å². The van der Waals surface area contributed by atoms with Crippen LogP contribution in [0.4, 0.5) is 9.59 Å². The molecule has 0 aromatic rings. The van der Waals surface area contributed by atoms with Crippen LogP contribution in [0.15, 0.2) is 0 Å². The minimum Gasteiger partial charge on any atom is -0.351 e. The summed E-state index contributed by atoms with van der Waals surface area (Å²) in [4.78, 5) is 19.2. The van der Waals surface area contributed by atoms with Gasteiger partial charge in [0.25, 0.3) is 0 Å². The summed E-state index contributed by atoms with van der Waals surface area (Å²) in [6.07, 6.45) is 0. The van der Waals surface area contributed by atoms with Gasteiger partial charge in [-0.15, -0.1) is 0 Å². The summed E-state index contributed by atoms with van der Waals surface area (Å²) in [6.45, 7) is 0. The van der Waals surface area contributed by atoms with Gasteiger partial charge in [0.05, 0.1) is 0 Å². The molecule has 0 bridgehead atoms. The fraction of sp³-hybridized carbons (Fsp3) is 0. The van der Waals surface area contributed by atoms with Gasteiger partial charge in [0.15, 0.2) is 12.1 Å². The average molecular weight is 155 g/mol. The molecule has 0 unspecified atom stereocenters. The number of primary amides is 2. The summed E-state index contributed by atoms with van der Waals surface area (Å²) in [5.74, 6) is 0. The van der Waals surface area contributed by atoms with Crippen molar-refractivity contribution in [3.8, 4) is 12.1 Å². The quantitative estimate of drug-likeness (QED) is 0.401. The number of carbonyl (C=O) groups excluding carboxylic acids is 2. The molecule has 5 N–H and O–H groups in total. The summed E-state index contributed by atoms with van der Waals surface area (Å²) in [5, 5.41) is 16.1. The van der Waals surface area contributed by atoms with Crippen LogP contribution in [0, 0.1) is 22.7 Å². The third kappa shape index (κ3) is 34.1. The van der Waals surface area contributed by atoms with Crippen molar-refractivity contribution in [2.24, 2.45) is 11.5 Å². The van der Waals surface area contributed by atoms with E-state index in [0.717, 1.165) is 0 Å². The van der Waals surface area contributed by atoms with Crippen LogP contribution in [0.3, 0.4) is 0 Å². The number of nitrogens with one attached hydrogen (secondary N) is 1. The third-order valence-corrected chi connectivity index (χ3v) is 0.296. The monoisotopic (exact) mass is 155 g/mol. The summed E-state index contributed by atoms with van der Waals surface area (Å²) in [5.41, 5.74) is 8.88. The van der Waals surface area contributed by atoms with Crippen molar-refractivity contribution in [1.82, 2.24) is 5.32 Å². The van der Waals surface area contributed by atoms with E-state index in [-0.39, 0.29) is 0 Å². The minimum absolute atomic E-state index is 0.937. The van der Waals surface area contributed by atoms with Gasteiger partial charge in [0.2, 0.25) is 0 Å². The Morgan fingerprint density at radius 3 is 1.36 bits per heavy atom. The van der Waals surface area contributed by atoms with Crippen molar-refractivity contribution in [3.05, 3.63) is 0 Å². The maximum atomic E-state index is 9.62. The number of nitrogens with two attached hydrogens (primary N) is 2. The van der Waals surface area contributed by atoms with Gasteiger partial charge in [-0.1, -0.05) is 0 Å². The van der Waals surface area contributed by atoms with Gasteiger partial charge in [0.1, 0.15) is 0 Å². The Kier molecular flexibility index (Phi) is 8.08. The Balaban J connectivity index is 0. The molecule has 11 heavy (non-hydrogen) atoms. The highest BCUT2D eigenvalue weighted by Crippen LogP contribution is 1.51. The molecule has 0 aliphatic carbocycles. The van der Waals surface area contributed by atoms with Gasteiger partial charge in [-0.05, 0) is 0 Å². The lowest BCUT2D eigenvalue weighted by molar-refractivity contribution is 0.236. The number of carbonyl (C=O) groups is 2. The lowest BCUT2D eigenvalue weighted by Crippen LogP contribution is -2.38. The van der Waals surface area contributed by atoms with E-state index in [9.17, 15) is 9.59 Å². The van der Waals surface area contributed by atoms with E-state index in [1.807, 2.05) is 0 Å². The van der Waals surface area contributed by atoms with Crippen molar-refractivity contribution in [2.45, 2.75) is 0 Å². The van der Waals surface area contributed by atoms with Crippen LogP contribution in [0.1, 0.15) is 0 Å². The highest BCUT2D eigenvalue weighted by molar-refractivity contribution is 5.91. The third-order valence-electron chi connectivity index (χ3n) is 0.296. The Labute approximate surface area is 62.2 Å². The van der Waals surface area contributed by atoms with Crippen molar-refractivity contribution < 1.29 is 9.59 Å². The van der Waals surface area contributed by atoms with Crippen LogP contribution in [-0.4, -0.2) is 12.1 Å². The number of amides is 4. The van der Waals surface area contributed by atoms with Crippen LogP contribution in [-0.2, 0) is 0 Å². The van der Waals surface area contributed by atoms with Gasteiger partial charge in [-0.3, -0.25) is 5.32 Å². The summed E-state index contributed by atoms with van der Waals surface area (Å²) in [7, 11) is 0. The molecule has 4 amide bonds. The Hall–Kier alpha value is -2.28. The lowest BCUT2D eigenvalue weighted by Gasteiger charge is -1.88. The second kappa shape index (κ2) is 7.72. The second-order valence-electron chi connectivity index (χ2n) is 1.08. The molecule has 0 aliphatic rings. The van der Waals surface area contributed by atoms with Crippen LogP contribution in [0.5, 0.6) is 0 Å². The molecular weight excluding hydrogens is 150 g/mol. The van der Waals surface area contributed by atoms with Crippen LogP contribution in [0.2, 0.25) is 0 Å². The van der Waals surface area contributed by atoms with E-state index in [1.54, 1.807) is 5.32 Å². The van der Waals surface area contributed by atoms with Crippen molar-refractivity contribution in [3.63, 3.8) is 0 Å². The highest BCUT2D eigenvalue weighted by atomic mass is 16.2. The van der Waals surface area contributed by atoms with E-state index in [1.165, 1.54) is 12.1 Å². The Morgan fingerprint density at radius 2 is 1.36 bits per heavy atom. The first-order chi connectivity index (χ1) is 5.04. The normalized spacial score (nSPS) is 5.64. The molecular formula is C4H5N5O2. The van der Waals surface area contributed by atoms with E-state index in [0.29, 0.717) is 0 Å². The Bertz CT molecular complexity index is 198. The molecule has 0 aromatic carbocycles. The van der Waals surface area contributed by atoms with Gasteiger partial charge < -0.3 is 11.5 Å². The molecule has 0 rings (SSSR count). The zero-order chi connectivity index (χ0) is 9.28. The molecule has 0 heterocycles. The van der Waals surface area contributed by atoms with Gasteiger partial charge in [0, 0.05) is 0 Å². The molecule has 0 saturated heterocycles. The average Bonchev–Trinajstić information content (AvgIpc) is 1.85. The molecule has 0 radical (unpaired) electrons. The molecule has 0 saturated carbocycles. The molecule has 0 aromatic heterocycles. The molecule has 0 fully saturated rings. The fourth-order valence-electron chi connectivity index (χ4n) is 0.121. The summed E-state index contributed by atoms with van der Waals surface area (Å²) >= 11 is 0. The van der Waals surface area contributed by atoms with E-state index < -0.39 is 12.1 Å². The van der Waals surface area contributed by atoms with Crippen molar-refractivity contribution in [1.29, 1.82) is 10.5 Å². The van der Waals surface area contributed by atoms with E-state index in [4.69, 9.17) is 10.5 Å². The first-order valence-corrected chi connectivity index (χ1v) is 2.18. The maximum absolute atomic E-state index is 9.62. The Morgan fingerprint density at radius 1 is 1.09 bits per heavy atom.